The molecule has 0 aliphatic carbocycles. The van der Waals surface area contributed by atoms with Crippen LogP contribution in [0, 0.1) is 5.82 Å². The van der Waals surface area contributed by atoms with Gasteiger partial charge in [-0.3, -0.25) is 4.39 Å². The molecule has 458 valence electrons. The van der Waals surface area contributed by atoms with Crippen LogP contribution in [0.4, 0.5) is 31.5 Å². The third kappa shape index (κ3) is 12.1. The van der Waals surface area contributed by atoms with Gasteiger partial charge in [-0.2, -0.15) is 0 Å². The molecule has 0 bridgehead atoms. The van der Waals surface area contributed by atoms with Gasteiger partial charge in [-0.25, -0.2) is 34.3 Å². The van der Waals surface area contributed by atoms with Gasteiger partial charge < -0.3 is 20.8 Å². The maximum absolute atomic E-state index is 13.2. The molecule has 0 spiro atoms. The first-order chi connectivity index (χ1) is 47.5. The number of anilines is 4. The van der Waals surface area contributed by atoms with E-state index in [9.17, 15) is 8.78 Å². The van der Waals surface area contributed by atoms with Crippen LogP contribution in [0.5, 0.6) is 0 Å². The number of halogens is 2. The minimum absolute atomic E-state index is 0. The van der Waals surface area contributed by atoms with Gasteiger partial charge in [0.05, 0.1) is 37.2 Å². The van der Waals surface area contributed by atoms with E-state index in [1.165, 1.54) is 78.8 Å². The number of hydrogen-bond donors (Lipinski definition) is 1. The number of aromatic amines is 1. The fraction of sp³-hybridized carbons (Fsp3) is 0.0361. The quantitative estimate of drug-likeness (QED) is 0.143. The summed E-state index contributed by atoms with van der Waals surface area (Å²) >= 11 is 0. The SMILES string of the molecule is Fc1ccc(-c2nc(-c3ccccc3)nc(-c3ccccc3)n2)cc1.[2H]CF.[H-].[Na+].c1ccc(-c2nc(-c3ccccc3)nc(-c3ccc(N4c5ccccc5C5C4c4ccccc4N5c4ccccc4)cc3)n2)cc1.c1ccc(-n2c3ccccc3c3[nH]c4ccccc4c32)cc1. The Morgan fingerprint density at radius 1 is 0.344 bits per heavy atom. The monoisotopic (exact) mass is 1260 g/mol. The van der Waals surface area contributed by atoms with Crippen molar-refractivity contribution in [1.29, 1.82) is 0 Å². The Morgan fingerprint density at radius 2 is 0.656 bits per heavy atom. The summed E-state index contributed by atoms with van der Waals surface area (Å²) in [7, 11) is -1.00. The Morgan fingerprint density at radius 3 is 1.08 bits per heavy atom. The molecule has 4 aromatic heterocycles. The Kier molecular flexibility index (Phi) is 17.7. The fourth-order valence-corrected chi connectivity index (χ4v) is 12.9. The molecule has 2 unspecified atom stereocenters. The topological polar surface area (TPSA) is 105 Å². The third-order valence-corrected chi connectivity index (χ3v) is 17.2. The van der Waals surface area contributed by atoms with Crippen molar-refractivity contribution in [2.75, 3.05) is 17.0 Å². The predicted molar refractivity (Wildman–Crippen MR) is 382 cm³/mol. The summed E-state index contributed by atoms with van der Waals surface area (Å²) in [5, 5.41) is 2.52. The fourth-order valence-electron chi connectivity index (χ4n) is 12.9. The standard InChI is InChI=1S/C41H29N5.C21H14FN3.C20H14N2.CH3F.Na.H/c1-4-14-28(15-5-1)39-42-40(29-16-6-2-7-17-29)44-41(43-39)30-24-26-32(27-25-30)46-36-23-13-11-21-34(36)37-38(46)33-20-10-12-22-35(33)45(37)31-18-8-3-9-19-31;22-18-13-11-17(12-14-18)21-24-19(15-7-3-1-4-8-15)23-20(25-21)16-9-5-2-6-10-16;1-2-8-14(9-3-1)22-18-13-7-5-11-16(18)19-20(22)15-10-4-6-12-17(15)21-19;1-2;;/h1-27,37-38H;1-14H;1-13,21H;1H3;;/q;;;;+1;-1/i;;;1D;;. The van der Waals surface area contributed by atoms with E-state index in [2.05, 4.69) is 216 Å². The van der Waals surface area contributed by atoms with Gasteiger partial charge in [0.25, 0.3) is 0 Å². The number of nitrogens with one attached hydrogen (secondary N) is 1. The zero-order valence-corrected chi connectivity index (χ0v) is 54.3. The second-order valence-corrected chi connectivity index (χ2v) is 22.8. The molecular formula is C83H61F2N10Na. The molecule has 0 saturated carbocycles. The molecule has 2 aliphatic heterocycles. The van der Waals surface area contributed by atoms with Crippen molar-refractivity contribution in [2.24, 2.45) is 0 Å². The molecule has 0 radical (unpaired) electrons. The average Bonchev–Trinajstić information content (AvgIpc) is 1.55. The normalized spacial score (nSPS) is 13.4. The second kappa shape index (κ2) is 28.0. The zero-order valence-electron chi connectivity index (χ0n) is 54.3. The maximum atomic E-state index is 13.2. The molecule has 10 nitrogen and oxygen atoms in total. The molecule has 2 atom stereocenters. The molecule has 18 rings (SSSR count). The summed E-state index contributed by atoms with van der Waals surface area (Å²) in [4.78, 5) is 37.1. The van der Waals surface area contributed by atoms with Crippen LogP contribution in [0.1, 0.15) is 26.0 Å². The summed E-state index contributed by atoms with van der Waals surface area (Å²) in [6.07, 6.45) is 0. The summed E-state index contributed by atoms with van der Waals surface area (Å²) in [6, 6.07) is 111. The van der Waals surface area contributed by atoms with Crippen LogP contribution in [0.2, 0.25) is 0 Å². The van der Waals surface area contributed by atoms with E-state index in [1.54, 1.807) is 12.1 Å². The molecule has 0 fully saturated rings. The number of aromatic nitrogens is 8. The maximum Gasteiger partial charge on any atom is 1.00 e. The predicted octanol–water partition coefficient (Wildman–Crippen LogP) is 17.9. The van der Waals surface area contributed by atoms with Crippen molar-refractivity contribution in [3.8, 4) is 74.0 Å². The molecule has 0 saturated heterocycles. The summed E-state index contributed by atoms with van der Waals surface area (Å²) in [5.41, 5.74) is 19.0. The molecule has 16 aromatic rings. The Bertz CT molecular complexity index is 5210. The number of rotatable bonds is 9. The first kappa shape index (κ1) is 60.7. The smallest absolute Gasteiger partial charge is 1.00 e. The largest absolute Gasteiger partial charge is 1.00 e. The number of fused-ring (bicyclic) bond motifs is 10. The van der Waals surface area contributed by atoms with E-state index in [-0.39, 0.29) is 48.9 Å². The van der Waals surface area contributed by atoms with Crippen LogP contribution in [0.25, 0.3) is 107 Å². The van der Waals surface area contributed by atoms with E-state index in [0.717, 1.165) is 39.1 Å². The van der Waals surface area contributed by atoms with Gasteiger partial charge in [0.1, 0.15) is 5.82 Å². The van der Waals surface area contributed by atoms with Gasteiger partial charge in [-0.1, -0.05) is 231 Å². The van der Waals surface area contributed by atoms with Gasteiger partial charge in [0.15, 0.2) is 34.9 Å². The number of hydrogen-bond acceptors (Lipinski definition) is 8. The minimum atomic E-state index is -1.00. The van der Waals surface area contributed by atoms with E-state index in [1.807, 2.05) is 121 Å². The third-order valence-electron chi connectivity index (χ3n) is 17.2. The summed E-state index contributed by atoms with van der Waals surface area (Å²) < 4.78 is 31.1. The van der Waals surface area contributed by atoms with Crippen LogP contribution in [-0.4, -0.2) is 46.6 Å². The van der Waals surface area contributed by atoms with Crippen molar-refractivity contribution >= 4 is 55.6 Å². The minimum Gasteiger partial charge on any atom is -1.00 e. The van der Waals surface area contributed by atoms with Gasteiger partial charge in [-0.05, 0) is 97.1 Å². The van der Waals surface area contributed by atoms with Crippen LogP contribution < -0.4 is 39.4 Å². The van der Waals surface area contributed by atoms with Crippen molar-refractivity contribution in [2.45, 2.75) is 12.1 Å². The average molecular weight is 1260 g/mol. The second-order valence-electron chi connectivity index (χ2n) is 22.8. The zero-order chi connectivity index (χ0) is 64.7. The number of nitrogens with zero attached hydrogens (tertiary/aromatic N) is 9. The number of alkyl halides is 1. The first-order valence-corrected chi connectivity index (χ1v) is 31.3. The molecule has 96 heavy (non-hydrogen) atoms. The van der Waals surface area contributed by atoms with Crippen molar-refractivity contribution < 1.29 is 41.1 Å². The molecular weight excluding hydrogens is 1200 g/mol. The number of benzene rings is 12. The van der Waals surface area contributed by atoms with Gasteiger partial charge in [-0.15, -0.1) is 0 Å². The molecule has 6 heterocycles. The number of para-hydroxylation sites is 6. The molecule has 1 N–H and O–H groups in total. The van der Waals surface area contributed by atoms with Gasteiger partial charge in [0.2, 0.25) is 0 Å². The van der Waals surface area contributed by atoms with E-state index < -0.39 is 7.15 Å². The van der Waals surface area contributed by atoms with Gasteiger partial charge >= 0.3 is 29.6 Å². The Labute approximate surface area is 579 Å². The summed E-state index contributed by atoms with van der Waals surface area (Å²) in [5.74, 6) is 3.39. The summed E-state index contributed by atoms with van der Waals surface area (Å²) in [6.45, 7) is 0. The van der Waals surface area contributed by atoms with Crippen LogP contribution in [0.15, 0.2) is 328 Å². The Hall–Kier alpha value is -11.5. The van der Waals surface area contributed by atoms with Crippen LogP contribution in [-0.2, 0) is 0 Å². The number of H-pyrrole nitrogens is 1. The van der Waals surface area contributed by atoms with E-state index in [0.29, 0.717) is 34.9 Å². The molecule has 13 heteroatoms. The van der Waals surface area contributed by atoms with E-state index >= 15 is 0 Å². The first-order valence-electron chi connectivity index (χ1n) is 32.0. The van der Waals surface area contributed by atoms with Crippen molar-refractivity contribution in [3.05, 3.63) is 345 Å². The Balaban J connectivity index is 0.000000140. The molecule has 12 aromatic carbocycles. The van der Waals surface area contributed by atoms with Crippen LogP contribution in [0.3, 0.4) is 0 Å². The van der Waals surface area contributed by atoms with Gasteiger partial charge in [0, 0.05) is 89.2 Å². The van der Waals surface area contributed by atoms with Crippen molar-refractivity contribution in [1.82, 2.24) is 39.5 Å². The van der Waals surface area contributed by atoms with E-state index in [4.69, 9.17) is 16.3 Å². The molecule has 2 aliphatic rings. The van der Waals surface area contributed by atoms with Crippen molar-refractivity contribution in [3.63, 3.8) is 0 Å². The van der Waals surface area contributed by atoms with Crippen LogP contribution >= 0.6 is 0 Å². The molecule has 0 amide bonds.